The molecule has 0 spiro atoms. The quantitative estimate of drug-likeness (QED) is 0.195. The summed E-state index contributed by atoms with van der Waals surface area (Å²) >= 11 is 24.6. The summed E-state index contributed by atoms with van der Waals surface area (Å²) in [6, 6.07) is 17.8. The number of aromatic nitrogens is 2. The number of thioether (sulfide) groups is 1. The summed E-state index contributed by atoms with van der Waals surface area (Å²) in [5.74, 6) is 0.385. The normalized spacial score (nSPS) is 11.7. The van der Waals surface area contributed by atoms with Crippen molar-refractivity contribution >= 4 is 59.2 Å². The minimum atomic E-state index is -0.451. The van der Waals surface area contributed by atoms with E-state index in [0.29, 0.717) is 20.8 Å². The first-order valence-corrected chi connectivity index (χ1v) is 12.6. The lowest BCUT2D eigenvalue weighted by Gasteiger charge is -2.28. The zero-order valence-electron chi connectivity index (χ0n) is 17.8. The van der Waals surface area contributed by atoms with Gasteiger partial charge in [0.25, 0.3) is 0 Å². The number of hydrogen-bond donors (Lipinski definition) is 1. The number of imidazole rings is 1. The van der Waals surface area contributed by atoms with E-state index >= 15 is 0 Å². The molecule has 1 aromatic heterocycles. The standard InChI is InChI=1S/C25H20Cl3FN2S2/c1-25(2,16-4-10-19(26)21(28)12-16)23-13-30-24(31(23)18-7-5-17(29)6-8-18)33-14-15-3-9-20(27)22(32)11-15/h3-13,32H,14H2,1-2H3. The molecule has 170 valence electrons. The van der Waals surface area contributed by atoms with E-state index in [1.54, 1.807) is 30.0 Å². The fraction of sp³-hybridized carbons (Fsp3) is 0.160. The van der Waals surface area contributed by atoms with Crippen molar-refractivity contribution in [2.45, 2.75) is 35.1 Å². The van der Waals surface area contributed by atoms with Gasteiger partial charge in [0.2, 0.25) is 0 Å². The van der Waals surface area contributed by atoms with Gasteiger partial charge in [-0.25, -0.2) is 9.37 Å². The molecule has 4 aromatic rings. The Morgan fingerprint density at radius 1 is 0.939 bits per heavy atom. The summed E-state index contributed by atoms with van der Waals surface area (Å²) in [6.07, 6.45) is 1.86. The predicted octanol–water partition coefficient (Wildman–Crippen LogP) is 8.88. The van der Waals surface area contributed by atoms with Crippen LogP contribution in [0.25, 0.3) is 5.69 Å². The van der Waals surface area contributed by atoms with Gasteiger partial charge in [0.1, 0.15) is 5.82 Å². The van der Waals surface area contributed by atoms with E-state index in [2.05, 4.69) is 31.0 Å². The highest BCUT2D eigenvalue weighted by molar-refractivity contribution is 7.98. The van der Waals surface area contributed by atoms with Crippen LogP contribution in [0, 0.1) is 5.82 Å². The van der Waals surface area contributed by atoms with Crippen LogP contribution in [0.3, 0.4) is 0 Å². The molecule has 0 bridgehead atoms. The Bertz CT molecular complexity index is 1300. The zero-order chi connectivity index (χ0) is 23.8. The first kappa shape index (κ1) is 24.5. The third kappa shape index (κ3) is 5.23. The lowest BCUT2D eigenvalue weighted by Crippen LogP contribution is -2.23. The molecule has 1 heterocycles. The van der Waals surface area contributed by atoms with Crippen LogP contribution in [0.1, 0.15) is 30.7 Å². The van der Waals surface area contributed by atoms with Crippen molar-refractivity contribution in [3.8, 4) is 5.69 Å². The minimum Gasteiger partial charge on any atom is -0.291 e. The smallest absolute Gasteiger partial charge is 0.173 e. The lowest BCUT2D eigenvalue weighted by molar-refractivity contribution is 0.591. The van der Waals surface area contributed by atoms with Crippen LogP contribution in [0.5, 0.6) is 0 Å². The molecular formula is C25H20Cl3FN2S2. The SMILES string of the molecule is CC(C)(c1ccc(Cl)c(Cl)c1)c1cnc(SCc2ccc(Cl)c(S)c2)n1-c1ccc(F)cc1. The van der Waals surface area contributed by atoms with Crippen molar-refractivity contribution in [2.24, 2.45) is 0 Å². The number of nitrogens with zero attached hydrogens (tertiary/aromatic N) is 2. The maximum absolute atomic E-state index is 13.7. The van der Waals surface area contributed by atoms with E-state index in [0.717, 1.165) is 32.6 Å². The van der Waals surface area contributed by atoms with Gasteiger partial charge in [-0.1, -0.05) is 72.5 Å². The highest BCUT2D eigenvalue weighted by atomic mass is 35.5. The van der Waals surface area contributed by atoms with Crippen LogP contribution >= 0.6 is 59.2 Å². The average molecular weight is 538 g/mol. The third-order valence-electron chi connectivity index (χ3n) is 5.47. The van der Waals surface area contributed by atoms with Crippen LogP contribution in [0.2, 0.25) is 15.1 Å². The number of thiol groups is 1. The minimum absolute atomic E-state index is 0.291. The Morgan fingerprint density at radius 3 is 2.30 bits per heavy atom. The monoisotopic (exact) mass is 536 g/mol. The van der Waals surface area contributed by atoms with Crippen molar-refractivity contribution in [1.29, 1.82) is 0 Å². The molecule has 0 saturated carbocycles. The van der Waals surface area contributed by atoms with E-state index < -0.39 is 5.41 Å². The van der Waals surface area contributed by atoms with Crippen LogP contribution < -0.4 is 0 Å². The molecule has 0 aliphatic carbocycles. The Hall–Kier alpha value is -1.63. The summed E-state index contributed by atoms with van der Waals surface area (Å²) in [5.41, 5.74) is 3.39. The second-order valence-electron chi connectivity index (χ2n) is 8.07. The number of benzene rings is 3. The molecule has 8 heteroatoms. The molecule has 0 radical (unpaired) electrons. The Morgan fingerprint density at radius 2 is 1.64 bits per heavy atom. The predicted molar refractivity (Wildman–Crippen MR) is 140 cm³/mol. The molecule has 2 nitrogen and oxygen atoms in total. The molecular weight excluding hydrogens is 518 g/mol. The molecule has 33 heavy (non-hydrogen) atoms. The largest absolute Gasteiger partial charge is 0.291 e. The van der Waals surface area contributed by atoms with Gasteiger partial charge in [-0.3, -0.25) is 4.57 Å². The molecule has 0 aliphatic heterocycles. The topological polar surface area (TPSA) is 17.8 Å². The molecule has 3 aromatic carbocycles. The lowest BCUT2D eigenvalue weighted by atomic mass is 9.81. The fourth-order valence-corrected chi connectivity index (χ4v) is 5.14. The Kier molecular flexibility index (Phi) is 7.37. The van der Waals surface area contributed by atoms with E-state index in [1.165, 1.54) is 12.1 Å². The van der Waals surface area contributed by atoms with Gasteiger partial charge in [-0.2, -0.15) is 0 Å². The average Bonchev–Trinajstić information content (AvgIpc) is 3.22. The second-order valence-corrected chi connectivity index (χ2v) is 10.7. The number of rotatable bonds is 6. The van der Waals surface area contributed by atoms with Crippen LogP contribution in [0.4, 0.5) is 4.39 Å². The fourth-order valence-electron chi connectivity index (χ4n) is 3.55. The number of hydrogen-bond acceptors (Lipinski definition) is 3. The van der Waals surface area contributed by atoms with Crippen LogP contribution in [-0.4, -0.2) is 9.55 Å². The molecule has 0 fully saturated rings. The molecule has 0 atom stereocenters. The Labute approximate surface area is 217 Å². The first-order chi connectivity index (χ1) is 15.7. The Balaban J connectivity index is 1.77. The summed E-state index contributed by atoms with van der Waals surface area (Å²) in [4.78, 5) is 5.46. The maximum atomic E-state index is 13.7. The third-order valence-corrected chi connectivity index (χ3v) is 8.07. The molecule has 0 N–H and O–H groups in total. The van der Waals surface area contributed by atoms with Crippen molar-refractivity contribution in [3.63, 3.8) is 0 Å². The highest BCUT2D eigenvalue weighted by Gasteiger charge is 2.30. The van der Waals surface area contributed by atoms with Gasteiger partial charge in [0.15, 0.2) is 5.16 Å². The maximum Gasteiger partial charge on any atom is 0.173 e. The van der Waals surface area contributed by atoms with Crippen molar-refractivity contribution < 1.29 is 4.39 Å². The zero-order valence-corrected chi connectivity index (χ0v) is 21.8. The summed E-state index contributed by atoms with van der Waals surface area (Å²) in [7, 11) is 0. The summed E-state index contributed by atoms with van der Waals surface area (Å²) in [6.45, 7) is 4.20. The molecule has 0 amide bonds. The van der Waals surface area contributed by atoms with E-state index in [1.807, 2.05) is 36.5 Å². The highest BCUT2D eigenvalue weighted by Crippen LogP contribution is 2.38. The van der Waals surface area contributed by atoms with Gasteiger partial charge in [-0.05, 0) is 59.7 Å². The van der Waals surface area contributed by atoms with Gasteiger partial charge in [0, 0.05) is 21.8 Å². The van der Waals surface area contributed by atoms with E-state index in [4.69, 9.17) is 39.8 Å². The molecule has 0 aliphatic rings. The second kappa shape index (κ2) is 9.93. The van der Waals surface area contributed by atoms with Crippen LogP contribution in [-0.2, 0) is 11.2 Å². The van der Waals surface area contributed by atoms with Gasteiger partial charge < -0.3 is 0 Å². The van der Waals surface area contributed by atoms with Crippen molar-refractivity contribution in [3.05, 3.63) is 105 Å². The molecule has 4 rings (SSSR count). The van der Waals surface area contributed by atoms with Crippen molar-refractivity contribution in [2.75, 3.05) is 0 Å². The summed E-state index contributed by atoms with van der Waals surface area (Å²) < 4.78 is 15.7. The van der Waals surface area contributed by atoms with Gasteiger partial charge in [-0.15, -0.1) is 12.6 Å². The van der Waals surface area contributed by atoms with Crippen LogP contribution in [0.15, 0.2) is 76.9 Å². The first-order valence-electron chi connectivity index (χ1n) is 10.1. The molecule has 0 unspecified atom stereocenters. The molecule has 0 saturated heterocycles. The summed E-state index contributed by atoms with van der Waals surface area (Å²) in [5, 5.41) is 2.41. The number of halogens is 4. The van der Waals surface area contributed by atoms with Crippen molar-refractivity contribution in [1.82, 2.24) is 9.55 Å². The van der Waals surface area contributed by atoms with Gasteiger partial charge >= 0.3 is 0 Å². The van der Waals surface area contributed by atoms with E-state index in [-0.39, 0.29) is 5.82 Å². The van der Waals surface area contributed by atoms with Gasteiger partial charge in [0.05, 0.1) is 27.0 Å². The van der Waals surface area contributed by atoms with E-state index in [9.17, 15) is 4.39 Å².